The van der Waals surface area contributed by atoms with Gasteiger partial charge in [0.2, 0.25) is 16.0 Å². The van der Waals surface area contributed by atoms with Crippen LogP contribution in [-0.4, -0.2) is 18.4 Å². The Labute approximate surface area is 144 Å². The molecule has 0 saturated carbocycles. The van der Waals surface area contributed by atoms with Gasteiger partial charge in [-0.1, -0.05) is 18.2 Å². The van der Waals surface area contributed by atoms with E-state index in [1.54, 1.807) is 42.6 Å². The summed E-state index contributed by atoms with van der Waals surface area (Å²) in [7, 11) is -3.79. The van der Waals surface area contributed by atoms with Gasteiger partial charge in [0.25, 0.3) is 0 Å². The van der Waals surface area contributed by atoms with Gasteiger partial charge in [0.15, 0.2) is 0 Å². The Morgan fingerprint density at radius 2 is 1.88 bits per heavy atom. The molecular weight excluding hydrogens is 338 g/mol. The molecule has 0 bridgehead atoms. The highest BCUT2D eigenvalue weighted by molar-refractivity contribution is 7.89. The molecule has 7 nitrogen and oxygen atoms in total. The van der Waals surface area contributed by atoms with Crippen molar-refractivity contribution in [1.29, 1.82) is 5.26 Å². The summed E-state index contributed by atoms with van der Waals surface area (Å²) in [6.45, 7) is 0. The molecule has 0 aliphatic heterocycles. The van der Waals surface area contributed by atoms with Gasteiger partial charge in [0.05, 0.1) is 22.2 Å². The van der Waals surface area contributed by atoms with E-state index in [1.807, 2.05) is 6.07 Å². The number of aromatic nitrogens is 2. The highest BCUT2D eigenvalue weighted by atomic mass is 32.2. The van der Waals surface area contributed by atoms with E-state index < -0.39 is 10.0 Å². The Hall–Kier alpha value is -3.28. The number of nitrogens with one attached hydrogen (secondary N) is 1. The maximum absolute atomic E-state index is 11.4. The van der Waals surface area contributed by atoms with Crippen LogP contribution in [0.1, 0.15) is 5.56 Å². The highest BCUT2D eigenvalue weighted by Gasteiger charge is 2.09. The van der Waals surface area contributed by atoms with Gasteiger partial charge in [0.1, 0.15) is 0 Å². The summed E-state index contributed by atoms with van der Waals surface area (Å²) < 4.78 is 22.9. The zero-order valence-corrected chi connectivity index (χ0v) is 13.7. The minimum Gasteiger partial charge on any atom is -0.324 e. The molecule has 3 rings (SSSR count). The number of sulfonamides is 1. The lowest BCUT2D eigenvalue weighted by molar-refractivity contribution is 0.598. The molecule has 0 aliphatic rings. The van der Waals surface area contributed by atoms with Crippen LogP contribution in [0.15, 0.2) is 65.7 Å². The third kappa shape index (κ3) is 3.98. The monoisotopic (exact) mass is 351 g/mol. The minimum atomic E-state index is -3.79. The molecule has 1 heterocycles. The van der Waals surface area contributed by atoms with E-state index in [-0.39, 0.29) is 4.90 Å². The maximum atomic E-state index is 11.4. The largest absolute Gasteiger partial charge is 0.324 e. The first-order valence-electron chi connectivity index (χ1n) is 7.19. The van der Waals surface area contributed by atoms with Crippen LogP contribution >= 0.6 is 0 Å². The normalized spacial score (nSPS) is 10.9. The fourth-order valence-corrected chi connectivity index (χ4v) is 2.77. The molecule has 25 heavy (non-hydrogen) atoms. The minimum absolute atomic E-state index is 0.00428. The van der Waals surface area contributed by atoms with Crippen LogP contribution in [0, 0.1) is 11.3 Å². The number of hydrogen-bond acceptors (Lipinski definition) is 6. The van der Waals surface area contributed by atoms with Crippen molar-refractivity contribution in [3.05, 3.63) is 66.4 Å². The zero-order chi connectivity index (χ0) is 17.9. The van der Waals surface area contributed by atoms with Gasteiger partial charge in [-0.05, 0) is 36.4 Å². The molecule has 0 fully saturated rings. The molecule has 0 spiro atoms. The third-order valence-electron chi connectivity index (χ3n) is 3.36. The molecule has 3 N–H and O–H groups in total. The molecule has 0 atom stereocenters. The summed E-state index contributed by atoms with van der Waals surface area (Å²) in [6, 6.07) is 16.9. The van der Waals surface area contributed by atoms with E-state index in [1.165, 1.54) is 12.1 Å². The van der Waals surface area contributed by atoms with E-state index in [9.17, 15) is 8.42 Å². The molecule has 0 aliphatic carbocycles. The second-order valence-corrected chi connectivity index (χ2v) is 6.72. The number of nitrogens with zero attached hydrogens (tertiary/aromatic N) is 3. The number of benzene rings is 2. The molecule has 0 radical (unpaired) electrons. The lowest BCUT2D eigenvalue weighted by Gasteiger charge is -2.08. The van der Waals surface area contributed by atoms with Crippen molar-refractivity contribution in [3.63, 3.8) is 0 Å². The Morgan fingerprint density at radius 1 is 1.08 bits per heavy atom. The molecule has 0 unspecified atom stereocenters. The molecule has 1 aromatic heterocycles. The Bertz CT molecular complexity index is 1070. The topological polar surface area (TPSA) is 122 Å². The summed E-state index contributed by atoms with van der Waals surface area (Å²) >= 11 is 0. The van der Waals surface area contributed by atoms with Crippen molar-refractivity contribution < 1.29 is 8.42 Å². The smallest absolute Gasteiger partial charge is 0.238 e. The van der Waals surface area contributed by atoms with Crippen LogP contribution in [0.25, 0.3) is 11.3 Å². The number of hydrogen-bond donors (Lipinski definition) is 2. The van der Waals surface area contributed by atoms with Crippen LogP contribution in [0.3, 0.4) is 0 Å². The van der Waals surface area contributed by atoms with Gasteiger partial charge >= 0.3 is 0 Å². The van der Waals surface area contributed by atoms with Crippen LogP contribution in [0.5, 0.6) is 0 Å². The summed E-state index contributed by atoms with van der Waals surface area (Å²) in [4.78, 5) is 8.52. The van der Waals surface area contributed by atoms with Gasteiger partial charge in [-0.15, -0.1) is 0 Å². The van der Waals surface area contributed by atoms with E-state index in [2.05, 4.69) is 21.4 Å². The molecule has 2 aromatic carbocycles. The van der Waals surface area contributed by atoms with Crippen LogP contribution < -0.4 is 10.5 Å². The first-order valence-corrected chi connectivity index (χ1v) is 8.74. The van der Waals surface area contributed by atoms with Gasteiger partial charge in [0, 0.05) is 17.4 Å². The van der Waals surface area contributed by atoms with Gasteiger partial charge in [-0.25, -0.2) is 23.5 Å². The molecule has 8 heteroatoms. The number of primary sulfonamides is 1. The van der Waals surface area contributed by atoms with Gasteiger partial charge in [-0.2, -0.15) is 5.26 Å². The van der Waals surface area contributed by atoms with Gasteiger partial charge < -0.3 is 5.32 Å². The summed E-state index contributed by atoms with van der Waals surface area (Å²) in [5.41, 5.74) is 2.45. The van der Waals surface area contributed by atoms with E-state index in [0.717, 1.165) is 5.56 Å². The number of nitriles is 1. The second kappa shape index (κ2) is 6.68. The van der Waals surface area contributed by atoms with E-state index >= 15 is 0 Å². The maximum Gasteiger partial charge on any atom is 0.238 e. The number of nitrogens with two attached hydrogens (primary N) is 1. The summed E-state index contributed by atoms with van der Waals surface area (Å²) in [5.74, 6) is 0.298. The Morgan fingerprint density at radius 3 is 2.64 bits per heavy atom. The molecule has 3 aromatic rings. The average molecular weight is 351 g/mol. The summed E-state index contributed by atoms with van der Waals surface area (Å²) in [6.07, 6.45) is 1.58. The summed E-state index contributed by atoms with van der Waals surface area (Å²) in [5, 5.41) is 17.1. The Kier molecular flexibility index (Phi) is 4.43. The predicted molar refractivity (Wildman–Crippen MR) is 93.3 cm³/mol. The van der Waals surface area contributed by atoms with Crippen molar-refractivity contribution in [2.45, 2.75) is 4.90 Å². The number of rotatable bonds is 4. The standard InChI is InChI=1S/C17H13N5O2S/c18-11-12-3-1-4-13(9-12)16-7-8-20-17(22-16)21-14-5-2-6-15(10-14)25(19,23)24/h1-10H,(H2,19,23,24)(H,20,21,22). The first kappa shape index (κ1) is 16.6. The van der Waals surface area contributed by atoms with Gasteiger partial charge in [-0.3, -0.25) is 0 Å². The van der Waals surface area contributed by atoms with E-state index in [0.29, 0.717) is 22.9 Å². The lowest BCUT2D eigenvalue weighted by Crippen LogP contribution is -2.12. The van der Waals surface area contributed by atoms with Crippen LogP contribution in [0.4, 0.5) is 11.6 Å². The molecular formula is C17H13N5O2S. The van der Waals surface area contributed by atoms with Crippen molar-refractivity contribution in [2.75, 3.05) is 5.32 Å². The SMILES string of the molecule is N#Cc1cccc(-c2ccnc(Nc3cccc(S(N)(=O)=O)c3)n2)c1. The van der Waals surface area contributed by atoms with Crippen LogP contribution in [-0.2, 0) is 10.0 Å². The van der Waals surface area contributed by atoms with E-state index in [4.69, 9.17) is 10.4 Å². The fraction of sp³-hybridized carbons (Fsp3) is 0. The van der Waals surface area contributed by atoms with Crippen molar-refractivity contribution >= 4 is 21.7 Å². The lowest BCUT2D eigenvalue weighted by atomic mass is 10.1. The molecule has 0 saturated heterocycles. The fourth-order valence-electron chi connectivity index (χ4n) is 2.21. The molecule has 0 amide bonds. The number of anilines is 2. The van der Waals surface area contributed by atoms with Crippen molar-refractivity contribution in [1.82, 2.24) is 9.97 Å². The molecule has 124 valence electrons. The Balaban J connectivity index is 1.91. The first-order chi connectivity index (χ1) is 12.0. The average Bonchev–Trinajstić information content (AvgIpc) is 2.61. The van der Waals surface area contributed by atoms with Crippen LogP contribution in [0.2, 0.25) is 0 Å². The highest BCUT2D eigenvalue weighted by Crippen LogP contribution is 2.21. The third-order valence-corrected chi connectivity index (χ3v) is 4.27. The quantitative estimate of drug-likeness (QED) is 0.744. The van der Waals surface area contributed by atoms with Crippen molar-refractivity contribution in [3.8, 4) is 17.3 Å². The van der Waals surface area contributed by atoms with Crippen molar-refractivity contribution in [2.24, 2.45) is 5.14 Å². The second-order valence-electron chi connectivity index (χ2n) is 5.16. The predicted octanol–water partition coefficient (Wildman–Crippen LogP) is 2.41. The zero-order valence-electron chi connectivity index (χ0n) is 12.9.